The van der Waals surface area contributed by atoms with Crippen LogP contribution >= 0.6 is 11.8 Å². The van der Waals surface area contributed by atoms with Crippen molar-refractivity contribution in [2.24, 2.45) is 0 Å². The van der Waals surface area contributed by atoms with Gasteiger partial charge in [-0.05, 0) is 54.7 Å². The minimum atomic E-state index is -0.254. The summed E-state index contributed by atoms with van der Waals surface area (Å²) in [4.78, 5) is 15.0. The average molecular weight is 373 g/mol. The van der Waals surface area contributed by atoms with Crippen LogP contribution in [0.4, 0.5) is 5.69 Å². The van der Waals surface area contributed by atoms with Crippen molar-refractivity contribution in [1.82, 2.24) is 20.2 Å². The zero-order chi connectivity index (χ0) is 17.9. The highest BCUT2D eigenvalue weighted by atomic mass is 32.2. The van der Waals surface area contributed by atoms with Gasteiger partial charge in [-0.2, -0.15) is 0 Å². The minimum Gasteiger partial charge on any atom is -0.376 e. The number of anilines is 1. The number of hydrogen-bond acceptors (Lipinski definition) is 6. The summed E-state index contributed by atoms with van der Waals surface area (Å²) in [6.45, 7) is 4.14. The number of aryl methyl sites for hydroxylation is 1. The van der Waals surface area contributed by atoms with Crippen molar-refractivity contribution in [2.45, 2.75) is 55.7 Å². The van der Waals surface area contributed by atoms with Gasteiger partial charge in [0.25, 0.3) is 0 Å². The normalized spacial score (nSPS) is 20.8. The molecule has 1 fully saturated rings. The Morgan fingerprint density at radius 2 is 2.27 bits per heavy atom. The van der Waals surface area contributed by atoms with E-state index in [1.807, 2.05) is 30.0 Å². The molecule has 2 unspecified atom stereocenters. The molecule has 0 bridgehead atoms. The fourth-order valence-electron chi connectivity index (χ4n) is 3.57. The topological polar surface area (TPSA) is 73.1 Å². The lowest BCUT2D eigenvalue weighted by Gasteiger charge is -2.31. The third kappa shape index (κ3) is 3.61. The fraction of sp³-hybridized carbons (Fsp3) is 0.556. The molecule has 7 nitrogen and oxygen atoms in total. The highest BCUT2D eigenvalue weighted by molar-refractivity contribution is 8.00. The van der Waals surface area contributed by atoms with E-state index in [4.69, 9.17) is 4.74 Å². The maximum atomic E-state index is 13.0. The lowest BCUT2D eigenvalue weighted by Crippen LogP contribution is -2.40. The number of hydrogen-bond donors (Lipinski definition) is 0. The van der Waals surface area contributed by atoms with Gasteiger partial charge in [0.2, 0.25) is 11.1 Å². The predicted molar refractivity (Wildman–Crippen MR) is 99.2 cm³/mol. The quantitative estimate of drug-likeness (QED) is 0.749. The first-order valence-corrected chi connectivity index (χ1v) is 10.0. The summed E-state index contributed by atoms with van der Waals surface area (Å²) in [6, 6.07) is 8.16. The summed E-state index contributed by atoms with van der Waals surface area (Å²) < 4.78 is 7.43. The number of aromatic nitrogens is 4. The van der Waals surface area contributed by atoms with Crippen molar-refractivity contribution in [3.63, 3.8) is 0 Å². The molecule has 0 saturated carbocycles. The third-order valence-corrected chi connectivity index (χ3v) is 5.96. The minimum absolute atomic E-state index is 0.105. The van der Waals surface area contributed by atoms with Crippen LogP contribution in [0.2, 0.25) is 0 Å². The zero-order valence-corrected chi connectivity index (χ0v) is 15.7. The van der Waals surface area contributed by atoms with Crippen molar-refractivity contribution < 1.29 is 9.53 Å². The van der Waals surface area contributed by atoms with E-state index in [0.29, 0.717) is 11.7 Å². The number of ether oxygens (including phenoxy) is 1. The van der Waals surface area contributed by atoms with Crippen LogP contribution in [0.3, 0.4) is 0 Å². The van der Waals surface area contributed by atoms with E-state index in [1.165, 1.54) is 17.3 Å². The largest absolute Gasteiger partial charge is 0.376 e. The first kappa shape index (κ1) is 17.5. The molecule has 3 heterocycles. The second-order valence-electron chi connectivity index (χ2n) is 6.76. The van der Waals surface area contributed by atoms with Gasteiger partial charge in [-0.25, -0.2) is 4.68 Å². The van der Waals surface area contributed by atoms with Crippen LogP contribution < -0.4 is 4.90 Å². The van der Waals surface area contributed by atoms with Gasteiger partial charge in [-0.15, -0.1) is 5.10 Å². The molecule has 0 spiro atoms. The molecule has 2 aliphatic rings. The molecule has 1 aromatic heterocycles. The van der Waals surface area contributed by atoms with E-state index in [1.54, 1.807) is 4.68 Å². The Hall–Kier alpha value is -1.93. The number of rotatable bonds is 5. The number of nitrogens with zero attached hydrogens (tertiary/aromatic N) is 5. The summed E-state index contributed by atoms with van der Waals surface area (Å²) in [7, 11) is 0. The molecule has 1 aromatic carbocycles. The lowest BCUT2D eigenvalue weighted by atomic mass is 10.0. The Labute approximate surface area is 157 Å². The molecule has 4 rings (SSSR count). The maximum Gasteiger partial charge on any atom is 0.240 e. The van der Waals surface area contributed by atoms with E-state index in [0.717, 1.165) is 44.5 Å². The van der Waals surface area contributed by atoms with Crippen molar-refractivity contribution in [2.75, 3.05) is 18.1 Å². The molecule has 26 heavy (non-hydrogen) atoms. The second-order valence-corrected chi connectivity index (χ2v) is 8.07. The number of amides is 1. The number of carbonyl (C=O) groups is 1. The first-order valence-electron chi connectivity index (χ1n) is 9.16. The first-order chi connectivity index (χ1) is 12.7. The van der Waals surface area contributed by atoms with Crippen LogP contribution in [-0.2, 0) is 22.5 Å². The number of carbonyl (C=O) groups excluding carboxylic acids is 1. The maximum absolute atomic E-state index is 13.0. The van der Waals surface area contributed by atoms with Gasteiger partial charge in [-0.3, -0.25) is 4.79 Å². The number of tetrazole rings is 1. The highest BCUT2D eigenvalue weighted by Crippen LogP contribution is 2.30. The van der Waals surface area contributed by atoms with Crippen LogP contribution in [0.15, 0.2) is 29.4 Å². The van der Waals surface area contributed by atoms with E-state index >= 15 is 0 Å². The van der Waals surface area contributed by atoms with Crippen LogP contribution in [-0.4, -0.2) is 50.6 Å². The van der Waals surface area contributed by atoms with E-state index in [-0.39, 0.29) is 17.3 Å². The highest BCUT2D eigenvalue weighted by Gasteiger charge is 2.28. The van der Waals surface area contributed by atoms with E-state index < -0.39 is 0 Å². The van der Waals surface area contributed by atoms with Crippen molar-refractivity contribution in [3.8, 4) is 0 Å². The van der Waals surface area contributed by atoms with Gasteiger partial charge in [0.15, 0.2) is 0 Å². The Bertz CT molecular complexity index is 774. The molecule has 0 aliphatic carbocycles. The molecule has 2 aliphatic heterocycles. The van der Waals surface area contributed by atoms with Gasteiger partial charge >= 0.3 is 0 Å². The summed E-state index contributed by atoms with van der Waals surface area (Å²) >= 11 is 1.42. The van der Waals surface area contributed by atoms with Gasteiger partial charge in [0.05, 0.1) is 17.9 Å². The zero-order valence-electron chi connectivity index (χ0n) is 14.9. The Morgan fingerprint density at radius 3 is 3.12 bits per heavy atom. The molecule has 0 N–H and O–H groups in total. The summed E-state index contributed by atoms with van der Waals surface area (Å²) in [5, 5.41) is 12.4. The van der Waals surface area contributed by atoms with Gasteiger partial charge in [0.1, 0.15) is 0 Å². The SMILES string of the molecule is CC(Sc1nnnn1CC1CCCO1)C(=O)N1CCCc2ccccc21. The molecule has 0 radical (unpaired) electrons. The van der Waals surface area contributed by atoms with Crippen LogP contribution in [0.5, 0.6) is 0 Å². The molecule has 138 valence electrons. The molecule has 2 aromatic rings. The molecule has 1 saturated heterocycles. The number of benzene rings is 1. The second kappa shape index (κ2) is 7.75. The lowest BCUT2D eigenvalue weighted by molar-refractivity contribution is -0.117. The number of para-hydroxylation sites is 1. The average Bonchev–Trinajstić information content (AvgIpc) is 3.33. The standard InChI is InChI=1S/C18H23N5O2S/c1-13(17(24)22-10-4-7-14-6-2-3-9-16(14)22)26-18-19-20-21-23(18)12-15-8-5-11-25-15/h2-3,6,9,13,15H,4-5,7-8,10-12H2,1H3. The van der Waals surface area contributed by atoms with Crippen LogP contribution in [0, 0.1) is 0 Å². The Morgan fingerprint density at radius 1 is 1.38 bits per heavy atom. The third-order valence-electron chi connectivity index (χ3n) is 4.91. The summed E-state index contributed by atoms with van der Waals surface area (Å²) in [5.41, 5.74) is 2.28. The molecule has 1 amide bonds. The summed E-state index contributed by atoms with van der Waals surface area (Å²) in [6.07, 6.45) is 4.30. The molecule has 2 atom stereocenters. The van der Waals surface area contributed by atoms with Gasteiger partial charge in [0, 0.05) is 18.8 Å². The number of fused-ring (bicyclic) bond motifs is 1. The van der Waals surface area contributed by atoms with Gasteiger partial charge in [-0.1, -0.05) is 30.0 Å². The van der Waals surface area contributed by atoms with Crippen LogP contribution in [0.1, 0.15) is 31.7 Å². The fourth-order valence-corrected chi connectivity index (χ4v) is 4.43. The van der Waals surface area contributed by atoms with Gasteiger partial charge < -0.3 is 9.64 Å². The summed E-state index contributed by atoms with van der Waals surface area (Å²) in [5.74, 6) is 0.105. The Kier molecular flexibility index (Phi) is 5.21. The van der Waals surface area contributed by atoms with Crippen molar-refractivity contribution in [1.29, 1.82) is 0 Å². The monoisotopic (exact) mass is 373 g/mol. The van der Waals surface area contributed by atoms with Crippen molar-refractivity contribution in [3.05, 3.63) is 29.8 Å². The smallest absolute Gasteiger partial charge is 0.240 e. The van der Waals surface area contributed by atoms with E-state index in [2.05, 4.69) is 21.6 Å². The van der Waals surface area contributed by atoms with Crippen LogP contribution in [0.25, 0.3) is 0 Å². The number of thioether (sulfide) groups is 1. The Balaban J connectivity index is 1.45. The predicted octanol–water partition coefficient (Wildman–Crippen LogP) is 2.31. The van der Waals surface area contributed by atoms with E-state index in [9.17, 15) is 4.79 Å². The molecule has 8 heteroatoms. The molecular formula is C18H23N5O2S. The molecular weight excluding hydrogens is 350 g/mol. The van der Waals surface area contributed by atoms with Crippen molar-refractivity contribution >= 4 is 23.4 Å².